The largest absolute Gasteiger partial charge is 2.00 e. The van der Waals surface area contributed by atoms with Crippen molar-refractivity contribution < 1.29 is 25.3 Å². The molecule has 0 bridgehead atoms. The SMILES string of the molecule is N[C@H](CCC(=O)[O-])C(=O)[O-].O.[Sr+2]. The minimum atomic E-state index is -1.44. The predicted octanol–water partition coefficient (Wildman–Crippen LogP) is -4.61. The van der Waals surface area contributed by atoms with E-state index in [1.54, 1.807) is 0 Å². The molecule has 0 amide bonds. The summed E-state index contributed by atoms with van der Waals surface area (Å²) >= 11 is 0. The summed E-state index contributed by atoms with van der Waals surface area (Å²) in [6.07, 6.45) is -0.500. The molecule has 0 aliphatic rings. The number of rotatable bonds is 4. The normalized spacial score (nSPS) is 10.4. The van der Waals surface area contributed by atoms with Crippen molar-refractivity contribution in [3.8, 4) is 0 Å². The van der Waals surface area contributed by atoms with Crippen molar-refractivity contribution in [1.29, 1.82) is 0 Å². The minimum Gasteiger partial charge on any atom is -0.550 e. The smallest absolute Gasteiger partial charge is 0.550 e. The van der Waals surface area contributed by atoms with Crippen LogP contribution < -0.4 is 15.9 Å². The molecule has 1 atom stereocenters. The summed E-state index contributed by atoms with van der Waals surface area (Å²) in [5, 5.41) is 19.6. The van der Waals surface area contributed by atoms with Crippen molar-refractivity contribution in [2.45, 2.75) is 18.9 Å². The first-order chi connectivity index (χ1) is 4.54. The van der Waals surface area contributed by atoms with Crippen LogP contribution in [0.25, 0.3) is 0 Å². The molecule has 0 aliphatic carbocycles. The van der Waals surface area contributed by atoms with Crippen LogP contribution in [0.2, 0.25) is 0 Å². The Morgan fingerprint density at radius 3 is 2.00 bits per heavy atom. The van der Waals surface area contributed by atoms with Crippen molar-refractivity contribution in [1.82, 2.24) is 0 Å². The van der Waals surface area contributed by atoms with Crippen LogP contribution >= 0.6 is 0 Å². The maximum atomic E-state index is 9.86. The third-order valence-electron chi connectivity index (χ3n) is 0.962. The van der Waals surface area contributed by atoms with Crippen LogP contribution in [0, 0.1) is 0 Å². The van der Waals surface area contributed by atoms with Crippen LogP contribution in [0.4, 0.5) is 0 Å². The zero-order valence-electron chi connectivity index (χ0n) is 6.41. The fraction of sp³-hybridized carbons (Fsp3) is 0.600. The Kier molecular flexibility index (Phi) is 14.3. The van der Waals surface area contributed by atoms with E-state index in [0.717, 1.165) is 0 Å². The Balaban J connectivity index is -0.000000405. The number of nitrogens with two attached hydrogens (primary N) is 1. The molecular weight excluding hydrogens is 242 g/mol. The van der Waals surface area contributed by atoms with E-state index < -0.39 is 18.0 Å². The van der Waals surface area contributed by atoms with E-state index in [1.165, 1.54) is 0 Å². The van der Waals surface area contributed by atoms with Crippen LogP contribution in [0.3, 0.4) is 0 Å². The summed E-state index contributed by atoms with van der Waals surface area (Å²) < 4.78 is 0. The molecule has 0 aromatic heterocycles. The van der Waals surface area contributed by atoms with Gasteiger partial charge in [-0.1, -0.05) is 0 Å². The monoisotopic (exact) mass is 251 g/mol. The van der Waals surface area contributed by atoms with Crippen molar-refractivity contribution >= 4 is 57.4 Å². The molecule has 0 unspecified atom stereocenters. The molecule has 12 heavy (non-hydrogen) atoms. The van der Waals surface area contributed by atoms with Gasteiger partial charge >= 0.3 is 45.5 Å². The number of carboxylic acid groups (broad SMARTS) is 2. The maximum absolute atomic E-state index is 9.86. The Hall–Kier alpha value is 0.341. The van der Waals surface area contributed by atoms with Crippen molar-refractivity contribution in [2.24, 2.45) is 5.73 Å². The fourth-order valence-electron chi connectivity index (χ4n) is 0.391. The topological polar surface area (TPSA) is 138 Å². The molecule has 66 valence electrons. The van der Waals surface area contributed by atoms with Gasteiger partial charge in [0, 0.05) is 12.0 Å². The molecule has 0 heterocycles. The van der Waals surface area contributed by atoms with Crippen molar-refractivity contribution in [2.75, 3.05) is 0 Å². The number of carboxylic acids is 2. The first-order valence-corrected chi connectivity index (χ1v) is 2.70. The molecule has 0 aliphatic heterocycles. The van der Waals surface area contributed by atoms with Gasteiger partial charge in [-0.05, 0) is 12.8 Å². The molecule has 0 saturated carbocycles. The van der Waals surface area contributed by atoms with Crippen LogP contribution in [0.15, 0.2) is 0 Å². The van der Waals surface area contributed by atoms with Crippen molar-refractivity contribution in [3.05, 3.63) is 0 Å². The second-order valence-corrected chi connectivity index (χ2v) is 1.84. The van der Waals surface area contributed by atoms with Gasteiger partial charge in [0.1, 0.15) is 0 Å². The Morgan fingerprint density at radius 1 is 1.33 bits per heavy atom. The molecule has 0 spiro atoms. The maximum Gasteiger partial charge on any atom is 2.00 e. The molecule has 4 N–H and O–H groups in total. The number of aliphatic carboxylic acids is 2. The number of hydrogen-bond acceptors (Lipinski definition) is 5. The minimum absolute atomic E-state index is 0. The number of hydrogen-bond donors (Lipinski definition) is 1. The van der Waals surface area contributed by atoms with E-state index in [4.69, 9.17) is 5.73 Å². The zero-order valence-corrected chi connectivity index (χ0v) is 9.89. The summed E-state index contributed by atoms with van der Waals surface area (Å²) in [4.78, 5) is 19.6. The van der Waals surface area contributed by atoms with Crippen LogP contribution in [-0.2, 0) is 9.59 Å². The van der Waals surface area contributed by atoms with Gasteiger partial charge in [0.05, 0.1) is 5.97 Å². The third kappa shape index (κ3) is 10.3. The van der Waals surface area contributed by atoms with Gasteiger partial charge in [-0.3, -0.25) is 0 Å². The first-order valence-electron chi connectivity index (χ1n) is 2.70. The number of carbonyl (C=O) groups excluding carboxylic acids is 2. The van der Waals surface area contributed by atoms with E-state index >= 15 is 0 Å². The van der Waals surface area contributed by atoms with E-state index in [1.807, 2.05) is 0 Å². The predicted molar refractivity (Wildman–Crippen MR) is 36.6 cm³/mol. The van der Waals surface area contributed by atoms with Gasteiger partial charge in [0.25, 0.3) is 0 Å². The Morgan fingerprint density at radius 2 is 1.75 bits per heavy atom. The van der Waals surface area contributed by atoms with Crippen LogP contribution in [0.5, 0.6) is 0 Å². The van der Waals surface area contributed by atoms with E-state index in [0.29, 0.717) is 0 Å². The summed E-state index contributed by atoms with van der Waals surface area (Å²) in [6.45, 7) is 0. The number of carbonyl (C=O) groups is 2. The molecule has 0 fully saturated rings. The summed E-state index contributed by atoms with van der Waals surface area (Å²) in [6, 6.07) is -1.21. The molecular formula is C5H9NO5Sr. The van der Waals surface area contributed by atoms with Gasteiger partial charge in [-0.2, -0.15) is 0 Å². The average molecular weight is 251 g/mol. The second kappa shape index (κ2) is 9.43. The van der Waals surface area contributed by atoms with Gasteiger partial charge in [-0.15, -0.1) is 0 Å². The molecule has 0 rings (SSSR count). The Labute approximate surface area is 106 Å². The van der Waals surface area contributed by atoms with Gasteiger partial charge in [0.15, 0.2) is 0 Å². The zero-order chi connectivity index (χ0) is 8.15. The van der Waals surface area contributed by atoms with E-state index in [2.05, 4.69) is 0 Å². The van der Waals surface area contributed by atoms with Gasteiger partial charge < -0.3 is 31.0 Å². The molecule has 0 aromatic carbocycles. The Bertz CT molecular complexity index is 151. The van der Waals surface area contributed by atoms with E-state index in [-0.39, 0.29) is 63.8 Å². The molecule has 6 nitrogen and oxygen atoms in total. The fourth-order valence-corrected chi connectivity index (χ4v) is 0.391. The molecule has 7 heteroatoms. The van der Waals surface area contributed by atoms with Gasteiger partial charge in [0.2, 0.25) is 0 Å². The third-order valence-corrected chi connectivity index (χ3v) is 0.962. The van der Waals surface area contributed by atoms with Crippen LogP contribution in [-0.4, -0.2) is 68.9 Å². The molecule has 0 radical (unpaired) electrons. The average Bonchev–Trinajstić information content (AvgIpc) is 1.82. The summed E-state index contributed by atoms with van der Waals surface area (Å²) in [5.41, 5.74) is 4.91. The van der Waals surface area contributed by atoms with Crippen molar-refractivity contribution in [3.63, 3.8) is 0 Å². The van der Waals surface area contributed by atoms with Gasteiger partial charge in [-0.25, -0.2) is 0 Å². The summed E-state index contributed by atoms with van der Waals surface area (Å²) in [7, 11) is 0. The second-order valence-electron chi connectivity index (χ2n) is 1.84. The standard InChI is InChI=1S/C5H9NO4.H2O.Sr/c6-3(5(9)10)1-2-4(7)8;;/h3H,1-2,6H2,(H,7,8)(H,9,10);1H2;/q;;+2/p-2/t3-;;/m1../s1. The molecule has 0 saturated heterocycles. The van der Waals surface area contributed by atoms with E-state index in [9.17, 15) is 19.8 Å². The van der Waals surface area contributed by atoms with Crippen LogP contribution in [0.1, 0.15) is 12.8 Å². The summed E-state index contributed by atoms with van der Waals surface area (Å²) in [5.74, 6) is -2.75. The molecule has 0 aromatic rings. The first kappa shape index (κ1) is 18.2. The quantitative estimate of drug-likeness (QED) is 0.500.